The van der Waals surface area contributed by atoms with Gasteiger partial charge in [-0.3, -0.25) is 4.79 Å². The lowest BCUT2D eigenvalue weighted by atomic mass is 10.1. The van der Waals surface area contributed by atoms with Gasteiger partial charge in [0.2, 0.25) is 5.91 Å². The van der Waals surface area contributed by atoms with Crippen molar-refractivity contribution in [2.45, 2.75) is 26.8 Å². The van der Waals surface area contributed by atoms with Gasteiger partial charge in [-0.05, 0) is 31.8 Å². The number of nitrogens with one attached hydrogen (secondary N) is 1. The van der Waals surface area contributed by atoms with Gasteiger partial charge in [0.05, 0.1) is 6.04 Å². The van der Waals surface area contributed by atoms with Crippen molar-refractivity contribution >= 4 is 5.91 Å². The fourth-order valence-corrected chi connectivity index (χ4v) is 1.54. The molecule has 1 rings (SSSR count). The van der Waals surface area contributed by atoms with Crippen molar-refractivity contribution in [1.82, 2.24) is 10.2 Å². The van der Waals surface area contributed by atoms with Gasteiger partial charge < -0.3 is 10.2 Å². The van der Waals surface area contributed by atoms with Crippen LogP contribution in [0, 0.1) is 5.82 Å². The number of hydrogen-bond donors (Lipinski definition) is 1. The van der Waals surface area contributed by atoms with E-state index in [0.717, 1.165) is 5.56 Å². The Morgan fingerprint density at radius 1 is 1.28 bits per heavy atom. The second-order valence-electron chi connectivity index (χ2n) is 4.07. The van der Waals surface area contributed by atoms with E-state index in [1.807, 2.05) is 32.8 Å². The van der Waals surface area contributed by atoms with Crippen LogP contribution >= 0.6 is 0 Å². The molecule has 0 aromatic heterocycles. The third-order valence-electron chi connectivity index (χ3n) is 2.20. The Hall–Kier alpha value is -1.42. The molecule has 3 nitrogen and oxygen atoms in total. The molecule has 0 aliphatic rings. The van der Waals surface area contributed by atoms with Crippen LogP contribution in [0.25, 0.3) is 0 Å². The van der Waals surface area contributed by atoms with Crippen molar-refractivity contribution in [1.29, 1.82) is 0 Å². The highest BCUT2D eigenvalue weighted by molar-refractivity contribution is 5.73. The van der Waals surface area contributed by atoms with Crippen molar-refractivity contribution in [3.05, 3.63) is 35.6 Å². The minimum absolute atomic E-state index is 0.0869. The van der Waals surface area contributed by atoms with E-state index in [-0.39, 0.29) is 17.8 Å². The summed E-state index contributed by atoms with van der Waals surface area (Å²) in [6.07, 6.45) is 0. The first kappa shape index (κ1) is 16.6. The Balaban J connectivity index is 0.00000137. The molecular weight excluding hydrogens is 231 g/mol. The Labute approximate surface area is 109 Å². The number of likely N-dealkylation sites (N-methyl/N-ethyl adjacent to an activating group) is 1. The summed E-state index contributed by atoms with van der Waals surface area (Å²) >= 11 is 0. The number of carbonyl (C=O) groups excluding carboxylic acids is 1. The van der Waals surface area contributed by atoms with Gasteiger partial charge in [-0.15, -0.1) is 0 Å². The Bertz CT molecular complexity index is 349. The van der Waals surface area contributed by atoms with Crippen molar-refractivity contribution in [3.8, 4) is 0 Å². The van der Waals surface area contributed by atoms with E-state index in [2.05, 4.69) is 5.32 Å². The van der Waals surface area contributed by atoms with E-state index < -0.39 is 0 Å². The molecule has 0 aliphatic heterocycles. The predicted molar refractivity (Wildman–Crippen MR) is 72.9 cm³/mol. The fraction of sp³-hybridized carbons (Fsp3) is 0.500. The van der Waals surface area contributed by atoms with Gasteiger partial charge in [-0.2, -0.15) is 0 Å². The summed E-state index contributed by atoms with van der Waals surface area (Å²) in [6, 6.07) is 6.09. The Morgan fingerprint density at radius 2 is 1.78 bits per heavy atom. The van der Waals surface area contributed by atoms with Crippen molar-refractivity contribution < 1.29 is 9.18 Å². The van der Waals surface area contributed by atoms with E-state index in [4.69, 9.17) is 0 Å². The monoisotopic (exact) mass is 254 g/mol. The van der Waals surface area contributed by atoms with Gasteiger partial charge in [-0.25, -0.2) is 4.39 Å². The number of amides is 1. The molecule has 0 radical (unpaired) electrons. The molecule has 1 unspecified atom stereocenters. The lowest BCUT2D eigenvalue weighted by Crippen LogP contribution is -2.33. The SMILES string of the molecule is CC.CC(=O)NC(CN(C)C)c1ccc(F)cc1. The molecule has 4 heteroatoms. The number of benzene rings is 1. The molecule has 0 saturated carbocycles. The summed E-state index contributed by atoms with van der Waals surface area (Å²) in [5, 5.41) is 2.84. The number of carbonyl (C=O) groups is 1. The maximum absolute atomic E-state index is 12.8. The first-order chi connectivity index (χ1) is 8.49. The number of halogens is 1. The highest BCUT2D eigenvalue weighted by Gasteiger charge is 2.13. The zero-order chi connectivity index (χ0) is 14.1. The average Bonchev–Trinajstić information content (AvgIpc) is 2.30. The van der Waals surface area contributed by atoms with Crippen molar-refractivity contribution in [2.75, 3.05) is 20.6 Å². The largest absolute Gasteiger partial charge is 0.348 e. The van der Waals surface area contributed by atoms with E-state index in [1.165, 1.54) is 19.1 Å². The quantitative estimate of drug-likeness (QED) is 0.895. The summed E-state index contributed by atoms with van der Waals surface area (Å²) in [6.45, 7) is 6.16. The molecule has 0 saturated heterocycles. The summed E-state index contributed by atoms with van der Waals surface area (Å²) in [4.78, 5) is 13.0. The lowest BCUT2D eigenvalue weighted by molar-refractivity contribution is -0.119. The van der Waals surface area contributed by atoms with E-state index in [0.29, 0.717) is 6.54 Å². The molecule has 0 fully saturated rings. The number of rotatable bonds is 4. The van der Waals surface area contributed by atoms with Gasteiger partial charge >= 0.3 is 0 Å². The second-order valence-corrected chi connectivity index (χ2v) is 4.07. The van der Waals surface area contributed by atoms with Gasteiger partial charge in [0.25, 0.3) is 0 Å². The lowest BCUT2D eigenvalue weighted by Gasteiger charge is -2.22. The maximum atomic E-state index is 12.8. The highest BCUT2D eigenvalue weighted by atomic mass is 19.1. The molecule has 1 atom stereocenters. The van der Waals surface area contributed by atoms with Crippen LogP contribution in [0.3, 0.4) is 0 Å². The summed E-state index contributed by atoms with van der Waals surface area (Å²) in [5.41, 5.74) is 0.908. The van der Waals surface area contributed by atoms with Gasteiger partial charge in [-0.1, -0.05) is 26.0 Å². The molecule has 0 heterocycles. The van der Waals surface area contributed by atoms with Crippen LogP contribution < -0.4 is 5.32 Å². The van der Waals surface area contributed by atoms with Crippen LogP contribution in [0.4, 0.5) is 4.39 Å². The van der Waals surface area contributed by atoms with E-state index in [9.17, 15) is 9.18 Å². The predicted octanol–water partition coefficient (Wildman–Crippen LogP) is 2.59. The number of hydrogen-bond acceptors (Lipinski definition) is 2. The third-order valence-corrected chi connectivity index (χ3v) is 2.20. The standard InChI is InChI=1S/C12H17FN2O.C2H6/c1-9(16)14-12(8-15(2)3)10-4-6-11(13)7-5-10;1-2/h4-7,12H,8H2,1-3H3,(H,14,16);1-2H3. The Kier molecular flexibility index (Phi) is 7.96. The summed E-state index contributed by atoms with van der Waals surface area (Å²) in [5.74, 6) is -0.355. The minimum Gasteiger partial charge on any atom is -0.348 e. The van der Waals surface area contributed by atoms with Crippen LogP contribution in [-0.2, 0) is 4.79 Å². The normalized spacial score (nSPS) is 11.5. The molecule has 1 aromatic rings. The van der Waals surface area contributed by atoms with E-state index in [1.54, 1.807) is 12.1 Å². The van der Waals surface area contributed by atoms with Crippen LogP contribution in [0.1, 0.15) is 32.4 Å². The highest BCUT2D eigenvalue weighted by Crippen LogP contribution is 2.14. The smallest absolute Gasteiger partial charge is 0.217 e. The van der Waals surface area contributed by atoms with Gasteiger partial charge in [0.1, 0.15) is 5.82 Å². The summed E-state index contributed by atoms with van der Waals surface area (Å²) in [7, 11) is 3.86. The summed E-state index contributed by atoms with van der Waals surface area (Å²) < 4.78 is 12.8. The molecule has 1 amide bonds. The van der Waals surface area contributed by atoms with Crippen LogP contribution in [0.2, 0.25) is 0 Å². The third kappa shape index (κ3) is 6.35. The van der Waals surface area contributed by atoms with Gasteiger partial charge in [0.15, 0.2) is 0 Å². The zero-order valence-corrected chi connectivity index (χ0v) is 11.8. The molecule has 0 aliphatic carbocycles. The van der Waals surface area contributed by atoms with Gasteiger partial charge in [0, 0.05) is 13.5 Å². The Morgan fingerprint density at radius 3 is 2.17 bits per heavy atom. The van der Waals surface area contributed by atoms with Crippen LogP contribution in [-0.4, -0.2) is 31.4 Å². The number of nitrogens with zero attached hydrogens (tertiary/aromatic N) is 1. The molecule has 1 N–H and O–H groups in total. The molecule has 1 aromatic carbocycles. The molecule has 0 bridgehead atoms. The topological polar surface area (TPSA) is 32.3 Å². The molecular formula is C14H23FN2O. The van der Waals surface area contributed by atoms with Crippen LogP contribution in [0.15, 0.2) is 24.3 Å². The first-order valence-corrected chi connectivity index (χ1v) is 6.16. The van der Waals surface area contributed by atoms with Crippen molar-refractivity contribution in [3.63, 3.8) is 0 Å². The molecule has 102 valence electrons. The average molecular weight is 254 g/mol. The first-order valence-electron chi connectivity index (χ1n) is 6.16. The van der Waals surface area contributed by atoms with Crippen LogP contribution in [0.5, 0.6) is 0 Å². The zero-order valence-electron chi connectivity index (χ0n) is 11.8. The molecule has 18 heavy (non-hydrogen) atoms. The van der Waals surface area contributed by atoms with E-state index >= 15 is 0 Å². The second kappa shape index (κ2) is 8.64. The minimum atomic E-state index is -0.268. The maximum Gasteiger partial charge on any atom is 0.217 e. The molecule has 0 spiro atoms. The fourth-order valence-electron chi connectivity index (χ4n) is 1.54. The van der Waals surface area contributed by atoms with Crippen molar-refractivity contribution in [2.24, 2.45) is 0 Å².